The number of hydrogen-bond donors (Lipinski definition) is 1. The Labute approximate surface area is 155 Å². The molecule has 3 rings (SSSR count). The second-order valence-electron chi connectivity index (χ2n) is 6.34. The number of carbonyl (C=O) groups excluding carboxylic acids is 1. The Morgan fingerprint density at radius 2 is 2.12 bits per heavy atom. The van der Waals surface area contributed by atoms with Gasteiger partial charge in [-0.1, -0.05) is 6.92 Å². The van der Waals surface area contributed by atoms with Crippen LogP contribution in [0.5, 0.6) is 0 Å². The average Bonchev–Trinajstić information content (AvgIpc) is 3.14. The highest BCUT2D eigenvalue weighted by Crippen LogP contribution is 2.20. The first-order valence-electron chi connectivity index (χ1n) is 8.64. The van der Waals surface area contributed by atoms with Crippen molar-refractivity contribution < 1.29 is 4.79 Å². The fourth-order valence-corrected chi connectivity index (χ4v) is 3.94. The molecule has 0 saturated carbocycles. The SMILES string of the molecule is CCc1cc2c(=O)n(CC(=O)NCCc3c(C)nn(C)c3C)cnc2s1. The molecule has 0 fully saturated rings. The fourth-order valence-electron chi connectivity index (χ4n) is 3.01. The molecule has 138 valence electrons. The monoisotopic (exact) mass is 373 g/mol. The van der Waals surface area contributed by atoms with Crippen molar-refractivity contribution in [1.29, 1.82) is 0 Å². The van der Waals surface area contributed by atoms with E-state index in [0.717, 1.165) is 33.1 Å². The zero-order valence-corrected chi connectivity index (χ0v) is 16.3. The summed E-state index contributed by atoms with van der Waals surface area (Å²) in [6.45, 7) is 6.51. The van der Waals surface area contributed by atoms with Crippen molar-refractivity contribution in [2.45, 2.75) is 40.2 Å². The van der Waals surface area contributed by atoms with Crippen molar-refractivity contribution in [2.24, 2.45) is 7.05 Å². The van der Waals surface area contributed by atoms with Crippen LogP contribution < -0.4 is 10.9 Å². The van der Waals surface area contributed by atoms with Crippen LogP contribution in [0.15, 0.2) is 17.2 Å². The van der Waals surface area contributed by atoms with Crippen LogP contribution in [0.4, 0.5) is 0 Å². The van der Waals surface area contributed by atoms with E-state index in [0.29, 0.717) is 18.4 Å². The van der Waals surface area contributed by atoms with Gasteiger partial charge in [0.2, 0.25) is 5.91 Å². The van der Waals surface area contributed by atoms with Gasteiger partial charge in [-0.3, -0.25) is 18.8 Å². The van der Waals surface area contributed by atoms with E-state index in [4.69, 9.17) is 0 Å². The lowest BCUT2D eigenvalue weighted by Gasteiger charge is -2.07. The Balaban J connectivity index is 1.64. The predicted octanol–water partition coefficient (Wildman–Crippen LogP) is 1.73. The predicted molar refractivity (Wildman–Crippen MR) is 103 cm³/mol. The normalized spacial score (nSPS) is 11.2. The van der Waals surface area contributed by atoms with Gasteiger partial charge in [-0.2, -0.15) is 5.10 Å². The molecule has 3 aromatic rings. The maximum absolute atomic E-state index is 12.5. The van der Waals surface area contributed by atoms with Gasteiger partial charge in [-0.25, -0.2) is 4.98 Å². The first-order valence-corrected chi connectivity index (χ1v) is 9.46. The Hall–Kier alpha value is -2.48. The molecule has 0 unspecified atom stereocenters. The van der Waals surface area contributed by atoms with E-state index in [1.807, 2.05) is 38.6 Å². The molecule has 7 nitrogen and oxygen atoms in total. The van der Waals surface area contributed by atoms with Crippen molar-refractivity contribution in [1.82, 2.24) is 24.6 Å². The topological polar surface area (TPSA) is 81.8 Å². The van der Waals surface area contributed by atoms with Gasteiger partial charge in [0, 0.05) is 24.2 Å². The zero-order valence-electron chi connectivity index (χ0n) is 15.5. The quantitative estimate of drug-likeness (QED) is 0.713. The zero-order chi connectivity index (χ0) is 18.8. The van der Waals surface area contributed by atoms with E-state index in [1.165, 1.54) is 22.2 Å². The smallest absolute Gasteiger partial charge is 0.262 e. The van der Waals surface area contributed by atoms with Gasteiger partial charge in [0.25, 0.3) is 5.56 Å². The van der Waals surface area contributed by atoms with Crippen LogP contribution in [0.25, 0.3) is 10.2 Å². The fraction of sp³-hybridized carbons (Fsp3) is 0.444. The summed E-state index contributed by atoms with van der Waals surface area (Å²) in [7, 11) is 1.91. The lowest BCUT2D eigenvalue weighted by molar-refractivity contribution is -0.121. The molecule has 0 aliphatic rings. The third kappa shape index (κ3) is 3.55. The van der Waals surface area contributed by atoms with Crippen molar-refractivity contribution >= 4 is 27.5 Å². The molecule has 0 spiro atoms. The standard InChI is InChI=1S/C18H23N5O2S/c1-5-13-8-15-17(26-13)20-10-23(18(15)25)9-16(24)19-7-6-14-11(2)21-22(4)12(14)3/h8,10H,5-7,9H2,1-4H3,(H,19,24). The minimum absolute atomic E-state index is 0.0237. The van der Waals surface area contributed by atoms with Crippen LogP contribution >= 0.6 is 11.3 Å². The Morgan fingerprint density at radius 3 is 2.77 bits per heavy atom. The number of nitrogens with zero attached hydrogens (tertiary/aromatic N) is 4. The summed E-state index contributed by atoms with van der Waals surface area (Å²) < 4.78 is 3.21. The largest absolute Gasteiger partial charge is 0.354 e. The molecule has 1 N–H and O–H groups in total. The van der Waals surface area contributed by atoms with Crippen LogP contribution in [0.3, 0.4) is 0 Å². The molecule has 8 heteroatoms. The molecule has 0 aliphatic heterocycles. The number of carbonyl (C=O) groups is 1. The van der Waals surface area contributed by atoms with Crippen molar-refractivity contribution in [3.05, 3.63) is 44.6 Å². The number of thiophene rings is 1. The van der Waals surface area contributed by atoms with Crippen LogP contribution in [0.2, 0.25) is 0 Å². The van der Waals surface area contributed by atoms with Crippen molar-refractivity contribution in [3.8, 4) is 0 Å². The Bertz CT molecular complexity index is 1010. The van der Waals surface area contributed by atoms with E-state index in [-0.39, 0.29) is 18.0 Å². The lowest BCUT2D eigenvalue weighted by atomic mass is 10.1. The van der Waals surface area contributed by atoms with Gasteiger partial charge in [0.1, 0.15) is 11.4 Å². The van der Waals surface area contributed by atoms with E-state index >= 15 is 0 Å². The molecule has 3 aromatic heterocycles. The Kier molecular flexibility index (Phi) is 5.22. The highest BCUT2D eigenvalue weighted by Gasteiger charge is 2.12. The van der Waals surface area contributed by atoms with Gasteiger partial charge in [-0.05, 0) is 38.3 Å². The minimum atomic E-state index is -0.196. The van der Waals surface area contributed by atoms with Crippen LogP contribution in [0.1, 0.15) is 28.8 Å². The molecule has 0 atom stereocenters. The van der Waals surface area contributed by atoms with Gasteiger partial charge in [-0.15, -0.1) is 11.3 Å². The molecular weight excluding hydrogens is 350 g/mol. The maximum Gasteiger partial charge on any atom is 0.262 e. The van der Waals surface area contributed by atoms with Gasteiger partial charge < -0.3 is 5.32 Å². The van der Waals surface area contributed by atoms with Crippen LogP contribution in [0, 0.1) is 13.8 Å². The van der Waals surface area contributed by atoms with E-state index in [9.17, 15) is 9.59 Å². The second kappa shape index (κ2) is 7.41. The van der Waals surface area contributed by atoms with Gasteiger partial charge in [0.15, 0.2) is 0 Å². The third-order valence-electron chi connectivity index (χ3n) is 4.59. The highest BCUT2D eigenvalue weighted by molar-refractivity contribution is 7.18. The number of rotatable bonds is 6. The van der Waals surface area contributed by atoms with Gasteiger partial charge >= 0.3 is 0 Å². The number of amides is 1. The second-order valence-corrected chi connectivity index (χ2v) is 7.45. The average molecular weight is 373 g/mol. The Morgan fingerprint density at radius 1 is 1.35 bits per heavy atom. The molecule has 0 saturated heterocycles. The highest BCUT2D eigenvalue weighted by atomic mass is 32.1. The summed E-state index contributed by atoms with van der Waals surface area (Å²) in [4.78, 5) is 30.9. The number of hydrogen-bond acceptors (Lipinski definition) is 5. The minimum Gasteiger partial charge on any atom is -0.354 e. The molecule has 0 bridgehead atoms. The molecule has 0 radical (unpaired) electrons. The van der Waals surface area contributed by atoms with Crippen LogP contribution in [-0.2, 0) is 31.2 Å². The number of nitrogens with one attached hydrogen (secondary N) is 1. The van der Waals surface area contributed by atoms with E-state index in [2.05, 4.69) is 15.4 Å². The molecule has 0 aromatic carbocycles. The summed E-state index contributed by atoms with van der Waals surface area (Å²) in [6, 6.07) is 1.87. The molecule has 1 amide bonds. The summed E-state index contributed by atoms with van der Waals surface area (Å²) in [5.74, 6) is -0.196. The van der Waals surface area contributed by atoms with E-state index < -0.39 is 0 Å². The summed E-state index contributed by atoms with van der Waals surface area (Å²) in [6.07, 6.45) is 3.04. The number of aromatic nitrogens is 4. The van der Waals surface area contributed by atoms with Gasteiger partial charge in [0.05, 0.1) is 17.4 Å². The summed E-state index contributed by atoms with van der Waals surface area (Å²) >= 11 is 1.52. The summed E-state index contributed by atoms with van der Waals surface area (Å²) in [5.41, 5.74) is 3.07. The van der Waals surface area contributed by atoms with Crippen molar-refractivity contribution in [2.75, 3.05) is 6.54 Å². The first kappa shape index (κ1) is 18.3. The molecule has 26 heavy (non-hydrogen) atoms. The lowest BCUT2D eigenvalue weighted by Crippen LogP contribution is -2.33. The maximum atomic E-state index is 12.5. The molecule has 3 heterocycles. The van der Waals surface area contributed by atoms with Crippen molar-refractivity contribution in [3.63, 3.8) is 0 Å². The van der Waals surface area contributed by atoms with E-state index in [1.54, 1.807) is 0 Å². The molecule has 0 aliphatic carbocycles. The first-order chi connectivity index (χ1) is 12.4. The number of aryl methyl sites for hydroxylation is 3. The third-order valence-corrected chi connectivity index (χ3v) is 5.77. The molecular formula is C18H23N5O2S. The van der Waals surface area contributed by atoms with Crippen LogP contribution in [-0.4, -0.2) is 31.8 Å². The number of fused-ring (bicyclic) bond motifs is 1. The summed E-state index contributed by atoms with van der Waals surface area (Å²) in [5, 5.41) is 7.84.